The molecule has 0 saturated carbocycles. The van der Waals surface area contributed by atoms with Crippen LogP contribution in [-0.4, -0.2) is 36.1 Å². The first-order valence-electron chi connectivity index (χ1n) is 6.02. The molecule has 4 heteroatoms. The van der Waals surface area contributed by atoms with Gasteiger partial charge in [-0.2, -0.15) is 5.26 Å². The van der Waals surface area contributed by atoms with E-state index in [1.54, 1.807) is 0 Å². The average molecular weight is 230 g/mol. The molecule has 1 aromatic rings. The van der Waals surface area contributed by atoms with Gasteiger partial charge >= 0.3 is 0 Å². The number of nitrogens with one attached hydrogen (secondary N) is 1. The third kappa shape index (κ3) is 2.75. The van der Waals surface area contributed by atoms with E-state index in [-0.39, 0.29) is 0 Å². The molecule has 0 aliphatic carbocycles. The zero-order chi connectivity index (χ0) is 12.3. The van der Waals surface area contributed by atoms with Gasteiger partial charge in [-0.05, 0) is 45.5 Å². The highest BCUT2D eigenvalue weighted by atomic mass is 15.2. The molecular formula is C13H18N4. The van der Waals surface area contributed by atoms with Gasteiger partial charge in [-0.3, -0.25) is 0 Å². The first-order chi connectivity index (χ1) is 8.20. The summed E-state index contributed by atoms with van der Waals surface area (Å²) >= 11 is 0. The Bertz CT molecular complexity index is 436. The van der Waals surface area contributed by atoms with Gasteiger partial charge in [-0.1, -0.05) is 0 Å². The summed E-state index contributed by atoms with van der Waals surface area (Å²) in [6, 6.07) is 6.42. The highest BCUT2D eigenvalue weighted by Gasteiger charge is 2.20. The predicted molar refractivity (Wildman–Crippen MR) is 67.8 cm³/mol. The van der Waals surface area contributed by atoms with Gasteiger partial charge in [0.15, 0.2) is 0 Å². The molecule has 4 nitrogen and oxygen atoms in total. The molecule has 0 spiro atoms. The van der Waals surface area contributed by atoms with Crippen LogP contribution in [-0.2, 0) is 0 Å². The molecule has 1 aliphatic rings. The molecular weight excluding hydrogens is 212 g/mol. The fourth-order valence-corrected chi connectivity index (χ4v) is 2.23. The molecule has 1 atom stereocenters. The fourth-order valence-electron chi connectivity index (χ4n) is 2.23. The molecule has 1 aliphatic heterocycles. The molecule has 2 rings (SSSR count). The molecule has 0 aromatic carbocycles. The van der Waals surface area contributed by atoms with Gasteiger partial charge in [-0.25, -0.2) is 4.98 Å². The Morgan fingerprint density at radius 2 is 2.41 bits per heavy atom. The van der Waals surface area contributed by atoms with Crippen molar-refractivity contribution >= 4 is 5.82 Å². The van der Waals surface area contributed by atoms with Crippen molar-refractivity contribution in [3.63, 3.8) is 0 Å². The average Bonchev–Trinajstić information content (AvgIpc) is 2.72. The summed E-state index contributed by atoms with van der Waals surface area (Å²) in [6.45, 7) is 3.97. The summed E-state index contributed by atoms with van der Waals surface area (Å²) in [5.74, 6) is 0.716. The molecule has 1 saturated heterocycles. The highest BCUT2D eigenvalue weighted by molar-refractivity contribution is 5.52. The minimum Gasteiger partial charge on any atom is -0.367 e. The largest absolute Gasteiger partial charge is 0.367 e. The van der Waals surface area contributed by atoms with Crippen molar-refractivity contribution in [3.05, 3.63) is 23.4 Å². The first-order valence-corrected chi connectivity index (χ1v) is 6.02. The van der Waals surface area contributed by atoms with E-state index in [1.165, 1.54) is 19.4 Å². The van der Waals surface area contributed by atoms with Crippen LogP contribution >= 0.6 is 0 Å². The molecule has 1 N–H and O–H groups in total. The number of anilines is 1. The molecule has 0 radical (unpaired) electrons. The number of rotatable bonds is 3. The van der Waals surface area contributed by atoms with Crippen molar-refractivity contribution in [2.24, 2.45) is 0 Å². The topological polar surface area (TPSA) is 52.0 Å². The van der Waals surface area contributed by atoms with Gasteiger partial charge < -0.3 is 10.2 Å². The number of nitriles is 1. The predicted octanol–water partition coefficient (Wildman–Crippen LogP) is 1.77. The number of pyridine rings is 1. The Balaban J connectivity index is 2.03. The van der Waals surface area contributed by atoms with E-state index in [2.05, 4.69) is 28.3 Å². The maximum Gasteiger partial charge on any atom is 0.144 e. The van der Waals surface area contributed by atoms with Gasteiger partial charge in [0.2, 0.25) is 0 Å². The number of hydrogen-bond acceptors (Lipinski definition) is 4. The van der Waals surface area contributed by atoms with E-state index in [9.17, 15) is 0 Å². The second-order valence-corrected chi connectivity index (χ2v) is 4.62. The lowest BCUT2D eigenvalue weighted by Gasteiger charge is -2.20. The number of nitrogens with zero attached hydrogens (tertiary/aromatic N) is 3. The van der Waals surface area contributed by atoms with Crippen molar-refractivity contribution in [1.29, 1.82) is 5.26 Å². The third-order valence-electron chi connectivity index (χ3n) is 3.33. The Labute approximate surface area is 102 Å². The second kappa shape index (κ2) is 5.15. The molecule has 1 unspecified atom stereocenters. The maximum atomic E-state index is 9.01. The highest BCUT2D eigenvalue weighted by Crippen LogP contribution is 2.17. The van der Waals surface area contributed by atoms with Gasteiger partial charge in [-0.15, -0.1) is 0 Å². The zero-order valence-electron chi connectivity index (χ0n) is 10.4. The fraction of sp³-hybridized carbons (Fsp3) is 0.538. The summed E-state index contributed by atoms with van der Waals surface area (Å²) in [6.07, 6.45) is 2.48. The van der Waals surface area contributed by atoms with Gasteiger partial charge in [0, 0.05) is 18.3 Å². The number of aromatic nitrogens is 1. The minimum atomic E-state index is 0.559. The van der Waals surface area contributed by atoms with E-state index >= 15 is 0 Å². The molecule has 0 amide bonds. The summed E-state index contributed by atoms with van der Waals surface area (Å²) < 4.78 is 0. The number of likely N-dealkylation sites (tertiary alicyclic amines) is 1. The summed E-state index contributed by atoms with van der Waals surface area (Å²) in [5.41, 5.74) is 1.56. The summed E-state index contributed by atoms with van der Waals surface area (Å²) in [7, 11) is 2.15. The standard InChI is InChI=1S/C13H18N4/c1-10-5-6-11(8-14)13(16-10)15-9-12-4-3-7-17(12)2/h5-6,12H,3-4,7,9H2,1-2H3,(H,15,16). The van der Waals surface area contributed by atoms with Crippen LogP contribution in [0.5, 0.6) is 0 Å². The van der Waals surface area contributed by atoms with Crippen molar-refractivity contribution < 1.29 is 0 Å². The van der Waals surface area contributed by atoms with Crippen molar-refractivity contribution in [2.75, 3.05) is 25.5 Å². The first kappa shape index (κ1) is 11.9. The van der Waals surface area contributed by atoms with Crippen LogP contribution in [0.3, 0.4) is 0 Å². The van der Waals surface area contributed by atoms with Crippen molar-refractivity contribution in [2.45, 2.75) is 25.8 Å². The van der Waals surface area contributed by atoms with Crippen LogP contribution in [0.25, 0.3) is 0 Å². The lowest BCUT2D eigenvalue weighted by molar-refractivity contribution is 0.322. The third-order valence-corrected chi connectivity index (χ3v) is 3.33. The van der Waals surface area contributed by atoms with E-state index in [1.807, 2.05) is 19.1 Å². The van der Waals surface area contributed by atoms with Crippen LogP contribution in [0.1, 0.15) is 24.1 Å². The Hall–Kier alpha value is -1.60. The Kier molecular flexibility index (Phi) is 3.60. The van der Waals surface area contributed by atoms with Crippen LogP contribution in [0.15, 0.2) is 12.1 Å². The van der Waals surface area contributed by atoms with Crippen LogP contribution in [0.2, 0.25) is 0 Å². The SMILES string of the molecule is Cc1ccc(C#N)c(NCC2CCCN2C)n1. The normalized spacial score (nSPS) is 20.2. The summed E-state index contributed by atoms with van der Waals surface area (Å²) in [4.78, 5) is 6.73. The lowest BCUT2D eigenvalue weighted by atomic mass is 10.2. The van der Waals surface area contributed by atoms with Crippen molar-refractivity contribution in [3.8, 4) is 6.07 Å². The molecule has 2 heterocycles. The molecule has 1 aromatic heterocycles. The minimum absolute atomic E-state index is 0.559. The number of hydrogen-bond donors (Lipinski definition) is 1. The van der Waals surface area contributed by atoms with Crippen LogP contribution in [0, 0.1) is 18.3 Å². The van der Waals surface area contributed by atoms with E-state index in [4.69, 9.17) is 5.26 Å². The smallest absolute Gasteiger partial charge is 0.144 e. The molecule has 17 heavy (non-hydrogen) atoms. The lowest BCUT2D eigenvalue weighted by Crippen LogP contribution is -2.31. The Morgan fingerprint density at radius 3 is 3.06 bits per heavy atom. The van der Waals surface area contributed by atoms with Gasteiger partial charge in [0.05, 0.1) is 5.56 Å². The van der Waals surface area contributed by atoms with E-state index in [0.29, 0.717) is 17.4 Å². The van der Waals surface area contributed by atoms with Gasteiger partial charge in [0.25, 0.3) is 0 Å². The number of likely N-dealkylation sites (N-methyl/N-ethyl adjacent to an activating group) is 1. The molecule has 0 bridgehead atoms. The second-order valence-electron chi connectivity index (χ2n) is 4.62. The van der Waals surface area contributed by atoms with Crippen molar-refractivity contribution in [1.82, 2.24) is 9.88 Å². The van der Waals surface area contributed by atoms with E-state index in [0.717, 1.165) is 12.2 Å². The van der Waals surface area contributed by atoms with Gasteiger partial charge in [0.1, 0.15) is 11.9 Å². The Morgan fingerprint density at radius 1 is 1.59 bits per heavy atom. The quantitative estimate of drug-likeness (QED) is 0.859. The van der Waals surface area contributed by atoms with E-state index < -0.39 is 0 Å². The maximum absolute atomic E-state index is 9.01. The van der Waals surface area contributed by atoms with Crippen LogP contribution < -0.4 is 5.32 Å². The zero-order valence-corrected chi connectivity index (χ0v) is 10.4. The molecule has 90 valence electrons. The number of aryl methyl sites for hydroxylation is 1. The molecule has 1 fully saturated rings. The van der Waals surface area contributed by atoms with Crippen LogP contribution in [0.4, 0.5) is 5.82 Å². The summed E-state index contributed by atoms with van der Waals surface area (Å²) in [5, 5.41) is 12.3. The monoisotopic (exact) mass is 230 g/mol.